The van der Waals surface area contributed by atoms with Gasteiger partial charge in [0.25, 0.3) is 0 Å². The number of hydrogen-bond acceptors (Lipinski definition) is 3. The second-order valence-corrected chi connectivity index (χ2v) is 7.23. The normalized spacial score (nSPS) is 10.7. The van der Waals surface area contributed by atoms with E-state index < -0.39 is 0 Å². The number of carbonyl (C=O) groups is 1. The number of rotatable bonds is 9. The predicted octanol–water partition coefficient (Wildman–Crippen LogP) is 5.07. The molecule has 0 unspecified atom stereocenters. The standard InChI is InChI=1S/C22H22FNO2S/c23-20-9-5-4-8-18(20)16-27-15-14-24-22(25)13-11-19-10-12-21(26-19)17-6-2-1-3-7-17/h1-10,12H,11,13-16H2,(H,24,25). The van der Waals surface area contributed by atoms with Gasteiger partial charge in [0.2, 0.25) is 5.91 Å². The highest BCUT2D eigenvalue weighted by atomic mass is 32.2. The van der Waals surface area contributed by atoms with Crippen LogP contribution < -0.4 is 5.32 Å². The highest BCUT2D eigenvalue weighted by Crippen LogP contribution is 2.22. The van der Waals surface area contributed by atoms with Crippen molar-refractivity contribution in [2.75, 3.05) is 12.3 Å². The second-order valence-electron chi connectivity index (χ2n) is 6.13. The van der Waals surface area contributed by atoms with Gasteiger partial charge >= 0.3 is 0 Å². The van der Waals surface area contributed by atoms with E-state index in [1.54, 1.807) is 23.9 Å². The summed E-state index contributed by atoms with van der Waals surface area (Å²) < 4.78 is 19.3. The minimum Gasteiger partial charge on any atom is -0.461 e. The molecule has 0 bridgehead atoms. The van der Waals surface area contributed by atoms with Gasteiger partial charge in [0.1, 0.15) is 17.3 Å². The summed E-state index contributed by atoms with van der Waals surface area (Å²) in [6.07, 6.45) is 0.959. The van der Waals surface area contributed by atoms with Crippen LogP contribution in [-0.4, -0.2) is 18.2 Å². The Labute approximate surface area is 163 Å². The van der Waals surface area contributed by atoms with Gasteiger partial charge in [-0.3, -0.25) is 4.79 Å². The fraction of sp³-hybridized carbons (Fsp3) is 0.227. The maximum Gasteiger partial charge on any atom is 0.220 e. The van der Waals surface area contributed by atoms with Crippen LogP contribution in [0.3, 0.4) is 0 Å². The van der Waals surface area contributed by atoms with E-state index >= 15 is 0 Å². The number of amides is 1. The Morgan fingerprint density at radius 2 is 1.78 bits per heavy atom. The third kappa shape index (κ3) is 6.00. The van der Waals surface area contributed by atoms with Crippen LogP contribution in [0.4, 0.5) is 4.39 Å². The van der Waals surface area contributed by atoms with Crippen LogP contribution in [0.25, 0.3) is 11.3 Å². The van der Waals surface area contributed by atoms with E-state index in [0.29, 0.717) is 30.7 Å². The molecule has 0 spiro atoms. The van der Waals surface area contributed by atoms with Crippen LogP contribution in [0.5, 0.6) is 0 Å². The Bertz CT molecular complexity index is 864. The average Bonchev–Trinajstić information content (AvgIpc) is 3.17. The fourth-order valence-electron chi connectivity index (χ4n) is 2.66. The van der Waals surface area contributed by atoms with Crippen molar-refractivity contribution < 1.29 is 13.6 Å². The van der Waals surface area contributed by atoms with Gasteiger partial charge < -0.3 is 9.73 Å². The van der Waals surface area contributed by atoms with E-state index in [9.17, 15) is 9.18 Å². The van der Waals surface area contributed by atoms with E-state index in [4.69, 9.17) is 4.42 Å². The molecular formula is C22H22FNO2S. The van der Waals surface area contributed by atoms with Crippen molar-refractivity contribution in [1.82, 2.24) is 5.32 Å². The zero-order valence-corrected chi connectivity index (χ0v) is 15.8. The Morgan fingerprint density at radius 1 is 1.00 bits per heavy atom. The first-order valence-electron chi connectivity index (χ1n) is 8.94. The molecule has 0 aliphatic heterocycles. The van der Waals surface area contributed by atoms with Crippen LogP contribution in [0.2, 0.25) is 0 Å². The van der Waals surface area contributed by atoms with Crippen molar-refractivity contribution in [1.29, 1.82) is 0 Å². The van der Waals surface area contributed by atoms with Gasteiger partial charge in [-0.25, -0.2) is 4.39 Å². The molecule has 3 aromatic rings. The topological polar surface area (TPSA) is 42.2 Å². The highest BCUT2D eigenvalue weighted by molar-refractivity contribution is 7.98. The van der Waals surface area contributed by atoms with Crippen molar-refractivity contribution in [3.8, 4) is 11.3 Å². The summed E-state index contributed by atoms with van der Waals surface area (Å²) in [5.41, 5.74) is 1.72. The largest absolute Gasteiger partial charge is 0.461 e. The van der Waals surface area contributed by atoms with E-state index in [-0.39, 0.29) is 11.7 Å². The second kappa shape index (κ2) is 9.97. The van der Waals surface area contributed by atoms with Crippen molar-refractivity contribution >= 4 is 17.7 Å². The van der Waals surface area contributed by atoms with Crippen molar-refractivity contribution in [2.24, 2.45) is 0 Å². The molecule has 27 heavy (non-hydrogen) atoms. The molecular weight excluding hydrogens is 361 g/mol. The number of halogens is 1. The lowest BCUT2D eigenvalue weighted by atomic mass is 10.2. The molecule has 1 N–H and O–H groups in total. The Hall–Kier alpha value is -2.53. The summed E-state index contributed by atoms with van der Waals surface area (Å²) in [6, 6.07) is 20.5. The van der Waals surface area contributed by atoms with Crippen molar-refractivity contribution in [3.63, 3.8) is 0 Å². The molecule has 2 aromatic carbocycles. The summed E-state index contributed by atoms with van der Waals surface area (Å²) in [4.78, 5) is 12.0. The number of aryl methyl sites for hydroxylation is 1. The van der Waals surface area contributed by atoms with E-state index in [1.807, 2.05) is 48.5 Å². The molecule has 3 nitrogen and oxygen atoms in total. The van der Waals surface area contributed by atoms with Crippen LogP contribution >= 0.6 is 11.8 Å². The van der Waals surface area contributed by atoms with Gasteiger partial charge in [-0.15, -0.1) is 0 Å². The smallest absolute Gasteiger partial charge is 0.220 e. The molecule has 5 heteroatoms. The molecule has 0 atom stereocenters. The van der Waals surface area contributed by atoms with E-state index in [2.05, 4.69) is 5.32 Å². The molecule has 0 radical (unpaired) electrons. The lowest BCUT2D eigenvalue weighted by molar-refractivity contribution is -0.121. The molecule has 0 saturated heterocycles. The summed E-state index contributed by atoms with van der Waals surface area (Å²) >= 11 is 1.60. The number of furan rings is 1. The lowest BCUT2D eigenvalue weighted by Gasteiger charge is -2.05. The maximum atomic E-state index is 13.5. The van der Waals surface area contributed by atoms with Crippen molar-refractivity contribution in [2.45, 2.75) is 18.6 Å². The molecule has 3 rings (SSSR count). The van der Waals surface area contributed by atoms with Gasteiger partial charge in [0, 0.05) is 36.5 Å². The number of benzene rings is 2. The van der Waals surface area contributed by atoms with Gasteiger partial charge in [-0.05, 0) is 23.8 Å². The van der Waals surface area contributed by atoms with Gasteiger partial charge in [0.05, 0.1) is 0 Å². The number of nitrogens with one attached hydrogen (secondary N) is 1. The van der Waals surface area contributed by atoms with E-state index in [1.165, 1.54) is 6.07 Å². The fourth-order valence-corrected chi connectivity index (χ4v) is 3.50. The summed E-state index contributed by atoms with van der Waals surface area (Å²) in [7, 11) is 0. The Kier molecular flexibility index (Phi) is 7.11. The quantitative estimate of drug-likeness (QED) is 0.525. The monoisotopic (exact) mass is 383 g/mol. The van der Waals surface area contributed by atoms with E-state index in [0.717, 1.165) is 22.8 Å². The zero-order chi connectivity index (χ0) is 18.9. The zero-order valence-electron chi connectivity index (χ0n) is 15.0. The maximum absolute atomic E-state index is 13.5. The SMILES string of the molecule is O=C(CCc1ccc(-c2ccccc2)o1)NCCSCc1ccccc1F. The molecule has 0 aliphatic carbocycles. The lowest BCUT2D eigenvalue weighted by Crippen LogP contribution is -2.25. The van der Waals surface area contributed by atoms with Crippen molar-refractivity contribution in [3.05, 3.63) is 83.9 Å². The first kappa shape index (κ1) is 19.2. The van der Waals surface area contributed by atoms with Gasteiger partial charge in [0.15, 0.2) is 0 Å². The summed E-state index contributed by atoms with van der Waals surface area (Å²) in [5.74, 6) is 2.80. The Morgan fingerprint density at radius 3 is 2.59 bits per heavy atom. The molecule has 140 valence electrons. The minimum atomic E-state index is -0.178. The summed E-state index contributed by atoms with van der Waals surface area (Å²) in [6.45, 7) is 0.575. The molecule has 1 amide bonds. The predicted molar refractivity (Wildman–Crippen MR) is 108 cm³/mol. The van der Waals surface area contributed by atoms with Crippen LogP contribution in [0.15, 0.2) is 71.1 Å². The number of carbonyl (C=O) groups excluding carboxylic acids is 1. The third-order valence-electron chi connectivity index (χ3n) is 4.10. The van der Waals surface area contributed by atoms with Crippen LogP contribution in [0, 0.1) is 5.82 Å². The molecule has 0 saturated carbocycles. The highest BCUT2D eigenvalue weighted by Gasteiger charge is 2.07. The first-order valence-corrected chi connectivity index (χ1v) is 10.1. The van der Waals surface area contributed by atoms with Gasteiger partial charge in [-0.1, -0.05) is 48.5 Å². The Balaban J connectivity index is 1.33. The molecule has 0 fully saturated rings. The number of hydrogen-bond donors (Lipinski definition) is 1. The molecule has 1 aromatic heterocycles. The van der Waals surface area contributed by atoms with Crippen LogP contribution in [-0.2, 0) is 17.0 Å². The molecule has 0 aliphatic rings. The molecule has 1 heterocycles. The third-order valence-corrected chi connectivity index (χ3v) is 5.11. The van der Waals surface area contributed by atoms with Gasteiger partial charge in [-0.2, -0.15) is 11.8 Å². The number of thioether (sulfide) groups is 1. The average molecular weight is 383 g/mol. The van der Waals surface area contributed by atoms with Crippen LogP contribution in [0.1, 0.15) is 17.7 Å². The summed E-state index contributed by atoms with van der Waals surface area (Å²) in [5, 5.41) is 2.90. The first-order chi connectivity index (χ1) is 13.2. The minimum absolute atomic E-state index is 0.000784.